The molecule has 1 fully saturated rings. The van der Waals surface area contributed by atoms with Crippen LogP contribution in [0.4, 0.5) is 5.69 Å². The van der Waals surface area contributed by atoms with Crippen molar-refractivity contribution in [2.45, 2.75) is 42.1 Å². The smallest absolute Gasteiger partial charge is 0.338 e. The molecule has 33 heavy (non-hydrogen) atoms. The van der Waals surface area contributed by atoms with E-state index in [4.69, 9.17) is 9.88 Å². The average Bonchev–Trinajstić information content (AvgIpc) is 2.79. The molecule has 1 unspecified atom stereocenters. The van der Waals surface area contributed by atoms with Crippen LogP contribution in [0.2, 0.25) is 0 Å². The quantitative estimate of drug-likeness (QED) is 0.554. The molecule has 1 amide bonds. The molecular weight excluding hydrogens is 470 g/mol. The van der Waals surface area contributed by atoms with Crippen LogP contribution in [0.5, 0.6) is 0 Å². The number of carbonyl (C=O) groups excluding carboxylic acids is 2. The molecule has 2 aromatic carbocycles. The number of nitrogens with two attached hydrogens (primary N) is 1. The standard InChI is InChI=1S/C21H25N3O7S2/c1-15(20(25)23-17-8-10-18(11-9-17)32(22,27)28)31-21(26)16-6-5-7-19(14-16)33(29,30)24-12-3-2-4-13-24/h5-11,14-15H,2-4,12-13H2,1H3,(H,23,25)(H2,22,27,28). The summed E-state index contributed by atoms with van der Waals surface area (Å²) < 4.78 is 54.9. The van der Waals surface area contributed by atoms with Crippen LogP contribution >= 0.6 is 0 Å². The summed E-state index contributed by atoms with van der Waals surface area (Å²) >= 11 is 0. The molecule has 1 aliphatic rings. The van der Waals surface area contributed by atoms with Gasteiger partial charge in [-0.05, 0) is 62.2 Å². The summed E-state index contributed by atoms with van der Waals surface area (Å²) in [6.45, 7) is 2.24. The first-order valence-corrected chi connectivity index (χ1v) is 13.2. The Morgan fingerprint density at radius 2 is 1.61 bits per heavy atom. The number of nitrogens with zero attached hydrogens (tertiary/aromatic N) is 1. The summed E-state index contributed by atoms with van der Waals surface area (Å²) in [5, 5.41) is 7.53. The molecule has 3 rings (SSSR count). The Morgan fingerprint density at radius 3 is 2.21 bits per heavy atom. The minimum Gasteiger partial charge on any atom is -0.449 e. The highest BCUT2D eigenvalue weighted by Gasteiger charge is 2.27. The Balaban J connectivity index is 1.65. The Kier molecular flexibility index (Phi) is 7.52. The van der Waals surface area contributed by atoms with Crippen molar-refractivity contribution in [2.24, 2.45) is 5.14 Å². The molecule has 12 heteroatoms. The van der Waals surface area contributed by atoms with E-state index >= 15 is 0 Å². The average molecular weight is 496 g/mol. The normalized spacial score (nSPS) is 16.1. The van der Waals surface area contributed by atoms with Gasteiger partial charge in [-0.25, -0.2) is 26.8 Å². The topological polar surface area (TPSA) is 153 Å². The minimum absolute atomic E-state index is 0.00485. The van der Waals surface area contributed by atoms with Crippen molar-refractivity contribution in [3.63, 3.8) is 0 Å². The number of anilines is 1. The lowest BCUT2D eigenvalue weighted by atomic mass is 10.2. The van der Waals surface area contributed by atoms with Crippen LogP contribution in [0.1, 0.15) is 36.5 Å². The van der Waals surface area contributed by atoms with E-state index in [0.29, 0.717) is 13.1 Å². The number of amides is 1. The highest BCUT2D eigenvalue weighted by Crippen LogP contribution is 2.22. The summed E-state index contributed by atoms with van der Waals surface area (Å²) in [6, 6.07) is 10.7. The molecule has 0 aliphatic carbocycles. The van der Waals surface area contributed by atoms with Gasteiger partial charge in [-0.1, -0.05) is 12.5 Å². The maximum absolute atomic E-state index is 12.8. The lowest BCUT2D eigenvalue weighted by Gasteiger charge is -2.26. The number of hydrogen-bond acceptors (Lipinski definition) is 7. The molecule has 10 nitrogen and oxygen atoms in total. The van der Waals surface area contributed by atoms with Crippen LogP contribution in [0.15, 0.2) is 58.3 Å². The Labute approximate surface area is 192 Å². The maximum Gasteiger partial charge on any atom is 0.338 e. The van der Waals surface area contributed by atoms with E-state index < -0.39 is 38.0 Å². The van der Waals surface area contributed by atoms with Crippen LogP contribution in [0.3, 0.4) is 0 Å². The van der Waals surface area contributed by atoms with Crippen LogP contribution in [0.25, 0.3) is 0 Å². The monoisotopic (exact) mass is 495 g/mol. The molecule has 1 aliphatic heterocycles. The van der Waals surface area contributed by atoms with Crippen LogP contribution in [-0.4, -0.2) is 52.2 Å². The first-order valence-electron chi connectivity index (χ1n) is 10.2. The van der Waals surface area contributed by atoms with Crippen molar-refractivity contribution in [3.05, 3.63) is 54.1 Å². The predicted octanol–water partition coefficient (Wildman–Crippen LogP) is 1.69. The van der Waals surface area contributed by atoms with Crippen LogP contribution in [0, 0.1) is 0 Å². The number of benzene rings is 2. The third kappa shape index (κ3) is 6.16. The van der Waals surface area contributed by atoms with Crippen molar-refractivity contribution < 1.29 is 31.2 Å². The molecule has 0 spiro atoms. The van der Waals surface area contributed by atoms with Gasteiger partial charge in [-0.15, -0.1) is 0 Å². The fraction of sp³-hybridized carbons (Fsp3) is 0.333. The highest BCUT2D eigenvalue weighted by molar-refractivity contribution is 7.89. The second kappa shape index (κ2) is 10.00. The molecule has 178 valence electrons. The Bertz CT molecular complexity index is 1240. The van der Waals surface area contributed by atoms with Crippen LogP contribution < -0.4 is 10.5 Å². The second-order valence-corrected chi connectivity index (χ2v) is 11.1. The van der Waals surface area contributed by atoms with E-state index in [2.05, 4.69) is 5.32 Å². The summed E-state index contributed by atoms with van der Waals surface area (Å²) in [5.41, 5.74) is 0.287. The number of piperidine rings is 1. The second-order valence-electron chi connectivity index (χ2n) is 7.60. The first-order chi connectivity index (χ1) is 15.5. The summed E-state index contributed by atoms with van der Waals surface area (Å²) in [6.07, 6.45) is 1.36. The molecule has 0 bridgehead atoms. The van der Waals surface area contributed by atoms with Gasteiger partial charge in [0.1, 0.15) is 0 Å². The SMILES string of the molecule is CC(OC(=O)c1cccc(S(=O)(=O)N2CCCCC2)c1)C(=O)Nc1ccc(S(N)(=O)=O)cc1. The zero-order chi connectivity index (χ0) is 24.2. The molecule has 1 atom stereocenters. The van der Waals surface area contributed by atoms with Gasteiger partial charge < -0.3 is 10.1 Å². The van der Waals surface area contributed by atoms with E-state index in [-0.39, 0.29) is 21.0 Å². The number of ether oxygens (including phenoxy) is 1. The van der Waals surface area contributed by atoms with E-state index in [1.165, 1.54) is 59.8 Å². The number of nitrogens with one attached hydrogen (secondary N) is 1. The Hall–Kier alpha value is -2.80. The van der Waals surface area contributed by atoms with Gasteiger partial charge in [0.2, 0.25) is 20.0 Å². The van der Waals surface area contributed by atoms with Crippen molar-refractivity contribution in [1.29, 1.82) is 0 Å². The third-order valence-electron chi connectivity index (χ3n) is 5.13. The molecule has 3 N–H and O–H groups in total. The Morgan fingerprint density at radius 1 is 0.970 bits per heavy atom. The lowest BCUT2D eigenvalue weighted by molar-refractivity contribution is -0.123. The van der Waals surface area contributed by atoms with Crippen molar-refractivity contribution in [1.82, 2.24) is 4.31 Å². The van der Waals surface area contributed by atoms with Gasteiger partial charge in [0.15, 0.2) is 6.10 Å². The van der Waals surface area contributed by atoms with Crippen molar-refractivity contribution in [3.8, 4) is 0 Å². The van der Waals surface area contributed by atoms with Crippen LogP contribution in [-0.2, 0) is 29.6 Å². The fourth-order valence-corrected chi connectivity index (χ4v) is 5.37. The number of carbonyl (C=O) groups is 2. The third-order valence-corrected chi connectivity index (χ3v) is 7.95. The van der Waals surface area contributed by atoms with Gasteiger partial charge in [0.05, 0.1) is 15.4 Å². The molecule has 0 radical (unpaired) electrons. The molecule has 0 saturated carbocycles. The van der Waals surface area contributed by atoms with Crippen molar-refractivity contribution >= 4 is 37.6 Å². The van der Waals surface area contributed by atoms with Gasteiger partial charge in [-0.2, -0.15) is 4.31 Å². The van der Waals surface area contributed by atoms with E-state index in [9.17, 15) is 26.4 Å². The summed E-state index contributed by atoms with van der Waals surface area (Å²) in [5.74, 6) is -1.50. The van der Waals surface area contributed by atoms with Gasteiger partial charge in [-0.3, -0.25) is 4.79 Å². The van der Waals surface area contributed by atoms with Gasteiger partial charge in [0.25, 0.3) is 5.91 Å². The highest BCUT2D eigenvalue weighted by atomic mass is 32.2. The minimum atomic E-state index is -3.86. The molecule has 1 saturated heterocycles. The summed E-state index contributed by atoms with van der Waals surface area (Å²) in [7, 11) is -7.58. The number of primary sulfonamides is 1. The van der Waals surface area contributed by atoms with E-state index in [1.54, 1.807) is 0 Å². The fourth-order valence-electron chi connectivity index (χ4n) is 3.29. The largest absolute Gasteiger partial charge is 0.449 e. The molecular formula is C21H25N3O7S2. The maximum atomic E-state index is 12.8. The van der Waals surface area contributed by atoms with E-state index in [1.807, 2.05) is 0 Å². The van der Waals surface area contributed by atoms with Gasteiger partial charge in [0, 0.05) is 18.8 Å². The zero-order valence-electron chi connectivity index (χ0n) is 17.9. The molecule has 0 aromatic heterocycles. The number of sulfonamides is 2. The van der Waals surface area contributed by atoms with E-state index in [0.717, 1.165) is 19.3 Å². The van der Waals surface area contributed by atoms with Crippen molar-refractivity contribution in [2.75, 3.05) is 18.4 Å². The first kappa shape index (κ1) is 24.8. The summed E-state index contributed by atoms with van der Waals surface area (Å²) in [4.78, 5) is 24.8. The lowest BCUT2D eigenvalue weighted by Crippen LogP contribution is -2.35. The zero-order valence-corrected chi connectivity index (χ0v) is 19.6. The predicted molar refractivity (Wildman–Crippen MR) is 120 cm³/mol. The van der Waals surface area contributed by atoms with Gasteiger partial charge >= 0.3 is 5.97 Å². The number of hydrogen-bond donors (Lipinski definition) is 2. The number of esters is 1. The number of rotatable bonds is 7. The molecule has 2 aromatic rings. The molecule has 1 heterocycles.